The van der Waals surface area contributed by atoms with E-state index in [2.05, 4.69) is 6.92 Å². The molecule has 0 radical (unpaired) electrons. The predicted octanol–water partition coefficient (Wildman–Crippen LogP) is 3.23. The summed E-state index contributed by atoms with van der Waals surface area (Å²) in [7, 11) is 0. The second-order valence-corrected chi connectivity index (χ2v) is 11.5. The molecule has 184 valence electrons. The first-order valence-electron chi connectivity index (χ1n) is 11.2. The van der Waals surface area contributed by atoms with Gasteiger partial charge in [0.25, 0.3) is 0 Å². The van der Waals surface area contributed by atoms with Gasteiger partial charge >= 0.3 is 200 Å². The van der Waals surface area contributed by atoms with Crippen LogP contribution in [0, 0.1) is 0 Å². The van der Waals surface area contributed by atoms with Gasteiger partial charge < -0.3 is 0 Å². The molecule has 5 nitrogen and oxygen atoms in total. The second-order valence-electron chi connectivity index (χ2n) is 7.71. The van der Waals surface area contributed by atoms with Crippen LogP contribution in [0.3, 0.4) is 0 Å². The fourth-order valence-electron chi connectivity index (χ4n) is 3.41. The molecule has 0 aliphatic rings. The second kappa shape index (κ2) is 15.0. The van der Waals surface area contributed by atoms with Crippen molar-refractivity contribution in [3.63, 3.8) is 0 Å². The molecule has 0 saturated carbocycles. The minimum atomic E-state index is -2.02. The molecular formula is C25H36Co2O5. The molecule has 3 N–H and O–H groups in total. The summed E-state index contributed by atoms with van der Waals surface area (Å²) in [5.41, 5.74) is 1.60. The summed E-state index contributed by atoms with van der Waals surface area (Å²) in [6.45, 7) is 1.43. The third-order valence-corrected chi connectivity index (χ3v) is 9.08. The molecule has 0 aromatic heterocycles. The third-order valence-electron chi connectivity index (χ3n) is 5.23. The van der Waals surface area contributed by atoms with Crippen LogP contribution in [0.15, 0.2) is 36.4 Å². The van der Waals surface area contributed by atoms with Gasteiger partial charge in [-0.25, -0.2) is 0 Å². The Bertz CT molecular complexity index is 855. The van der Waals surface area contributed by atoms with Crippen molar-refractivity contribution in [3.8, 4) is 0 Å². The van der Waals surface area contributed by atoms with Crippen molar-refractivity contribution in [2.75, 3.05) is 0 Å². The van der Waals surface area contributed by atoms with Crippen LogP contribution in [0.2, 0.25) is 5.36 Å². The molecule has 0 unspecified atom stereocenters. The fraction of sp³-hybridized carbons (Fsp3) is 0.520. The molecule has 2 aromatic carbocycles. The summed E-state index contributed by atoms with van der Waals surface area (Å²) in [5.74, 6) is 0. The first-order chi connectivity index (χ1) is 15.5. The zero-order valence-electron chi connectivity index (χ0n) is 18.8. The summed E-state index contributed by atoms with van der Waals surface area (Å²) >= 11 is -3.63. The molecule has 0 atom stereocenters. The molecule has 0 saturated heterocycles. The Morgan fingerprint density at radius 3 is 1.72 bits per heavy atom. The maximum absolute atomic E-state index is 13.2. The van der Waals surface area contributed by atoms with Gasteiger partial charge in [0.2, 0.25) is 0 Å². The number of aliphatic hydroxyl groups excluding tert-OH is 3. The molecule has 2 rings (SSSR count). The quantitative estimate of drug-likeness (QED) is 0.305. The van der Waals surface area contributed by atoms with E-state index in [-0.39, 0.29) is 19.8 Å². The van der Waals surface area contributed by atoms with Gasteiger partial charge in [0, 0.05) is 0 Å². The van der Waals surface area contributed by atoms with Gasteiger partial charge in [0.15, 0.2) is 0 Å². The molecule has 0 spiro atoms. The Morgan fingerprint density at radius 2 is 1.22 bits per heavy atom. The maximum atomic E-state index is 13.2. The Morgan fingerprint density at radius 1 is 0.688 bits per heavy atom. The molecule has 32 heavy (non-hydrogen) atoms. The van der Waals surface area contributed by atoms with E-state index in [0.717, 1.165) is 24.8 Å². The van der Waals surface area contributed by atoms with Gasteiger partial charge in [-0.3, -0.25) is 0 Å². The van der Waals surface area contributed by atoms with E-state index < -0.39 is 27.2 Å². The van der Waals surface area contributed by atoms with Crippen LogP contribution in [0.1, 0.15) is 75.0 Å². The van der Waals surface area contributed by atoms with Gasteiger partial charge in [0.1, 0.15) is 0 Å². The third kappa shape index (κ3) is 8.06. The summed E-state index contributed by atoms with van der Waals surface area (Å²) in [4.78, 5) is 0. The summed E-state index contributed by atoms with van der Waals surface area (Å²) < 4.78 is 27.6. The van der Waals surface area contributed by atoms with Gasteiger partial charge in [-0.05, 0) is 0 Å². The minimum absolute atomic E-state index is 0.0961. The van der Waals surface area contributed by atoms with Crippen molar-refractivity contribution in [3.05, 3.63) is 53.1 Å². The van der Waals surface area contributed by atoms with Crippen molar-refractivity contribution >= 4 is 13.5 Å². The van der Waals surface area contributed by atoms with Gasteiger partial charge in [0.05, 0.1) is 0 Å². The molecular weight excluding hydrogens is 498 g/mol. The summed E-state index contributed by atoms with van der Waals surface area (Å²) in [5, 5.41) is 29.6. The summed E-state index contributed by atoms with van der Waals surface area (Å²) in [6, 6.07) is 10.1. The first kappa shape index (κ1) is 27.2. The Kier molecular flexibility index (Phi) is 12.7. The molecule has 0 amide bonds. The van der Waals surface area contributed by atoms with E-state index in [1.54, 1.807) is 36.4 Å². The van der Waals surface area contributed by atoms with E-state index in [4.69, 9.17) is 0 Å². The van der Waals surface area contributed by atoms with Crippen LogP contribution >= 0.6 is 0 Å². The zero-order valence-corrected chi connectivity index (χ0v) is 20.9. The number of hydrogen-bond acceptors (Lipinski definition) is 5. The van der Waals surface area contributed by atoms with Crippen LogP contribution in [-0.4, -0.2) is 15.3 Å². The van der Waals surface area contributed by atoms with Gasteiger partial charge in [-0.1, -0.05) is 0 Å². The molecule has 0 bridgehead atoms. The predicted molar refractivity (Wildman–Crippen MR) is 118 cm³/mol. The molecule has 0 heterocycles. The SMILES string of the molecule is CCCCCCCCC[CH2][Co](=[O])[c]1cc(CO)[c]([Co](=[O])[c]2ccc(CO)cc2)c(CO)c1. The van der Waals surface area contributed by atoms with Crippen molar-refractivity contribution in [1.29, 1.82) is 0 Å². The van der Waals surface area contributed by atoms with E-state index in [0.29, 0.717) is 30.0 Å². The number of aliphatic hydroxyl groups is 3. The molecule has 0 fully saturated rings. The van der Waals surface area contributed by atoms with Crippen LogP contribution in [0.4, 0.5) is 0 Å². The summed E-state index contributed by atoms with van der Waals surface area (Å²) in [6.07, 6.45) is 9.42. The van der Waals surface area contributed by atoms with Crippen LogP contribution in [-0.2, 0) is 54.7 Å². The van der Waals surface area contributed by atoms with Crippen LogP contribution in [0.25, 0.3) is 0 Å². The van der Waals surface area contributed by atoms with E-state index >= 15 is 0 Å². The Hall–Kier alpha value is -1.07. The molecule has 0 aliphatic heterocycles. The first-order valence-corrected chi connectivity index (χ1v) is 14.3. The van der Waals surface area contributed by atoms with Crippen molar-refractivity contribution in [2.24, 2.45) is 0 Å². The van der Waals surface area contributed by atoms with Crippen molar-refractivity contribution in [1.82, 2.24) is 0 Å². The van der Waals surface area contributed by atoms with Crippen LogP contribution < -0.4 is 13.5 Å². The van der Waals surface area contributed by atoms with E-state index in [1.807, 2.05) is 0 Å². The average Bonchev–Trinajstić information content (AvgIpc) is 2.84. The number of hydrogen-bond donors (Lipinski definition) is 3. The monoisotopic (exact) mass is 534 g/mol. The zero-order chi connectivity index (χ0) is 23.3. The van der Waals surface area contributed by atoms with E-state index in [1.165, 1.54) is 32.1 Å². The fourth-order valence-corrected chi connectivity index (χ4v) is 6.71. The number of rotatable bonds is 15. The number of unbranched alkanes of at least 4 members (excludes halogenated alkanes) is 7. The molecule has 2 aromatic rings. The standard InChI is InChI=1S/C10H21.C8H8O2.C7H7O.2Co.2O/c1-3-5-7-9-10-8-6-4-2;9-5-7-2-1-3-8(4-7)6-10;8-6-7-4-2-1-3-5-7;;;;/h1,3-10H2,2H3;2-3,9-10H,5-6H2;2-5,8H,6H2;;;;. The Balaban J connectivity index is 2.07. The molecule has 7 heteroatoms. The normalized spacial score (nSPS) is 12.1. The van der Waals surface area contributed by atoms with Crippen molar-refractivity contribution < 1.29 is 50.2 Å². The van der Waals surface area contributed by atoms with Crippen molar-refractivity contribution in [2.45, 2.75) is 83.5 Å². The topological polar surface area (TPSA) is 94.8 Å². The van der Waals surface area contributed by atoms with Gasteiger partial charge in [-0.15, -0.1) is 0 Å². The number of benzene rings is 2. The van der Waals surface area contributed by atoms with Gasteiger partial charge in [-0.2, -0.15) is 0 Å². The van der Waals surface area contributed by atoms with Crippen LogP contribution in [0.5, 0.6) is 0 Å². The molecule has 0 aliphatic carbocycles. The average molecular weight is 534 g/mol. The van der Waals surface area contributed by atoms with E-state index in [9.17, 15) is 23.1 Å². The Labute approximate surface area is 199 Å².